The summed E-state index contributed by atoms with van der Waals surface area (Å²) in [7, 11) is 1.78. The first-order valence-electron chi connectivity index (χ1n) is 4.49. The first kappa shape index (κ1) is 11.0. The molecule has 1 rings (SSSR count). The number of hydrogen-bond acceptors (Lipinski definition) is 2. The average molecular weight is 216 g/mol. The van der Waals surface area contributed by atoms with Crippen molar-refractivity contribution < 1.29 is 4.79 Å². The fourth-order valence-corrected chi connectivity index (χ4v) is 1.41. The second-order valence-corrected chi connectivity index (χ2v) is 3.63. The lowest BCUT2D eigenvalue weighted by Crippen LogP contribution is -2.32. The Morgan fingerprint density at radius 3 is 3.00 bits per heavy atom. The van der Waals surface area contributed by atoms with Gasteiger partial charge in [-0.15, -0.1) is 11.6 Å². The minimum atomic E-state index is -0.101. The van der Waals surface area contributed by atoms with Crippen molar-refractivity contribution in [3.63, 3.8) is 0 Å². The number of aryl methyl sites for hydroxylation is 1. The van der Waals surface area contributed by atoms with Gasteiger partial charge in [0.25, 0.3) is 5.91 Å². The van der Waals surface area contributed by atoms with E-state index in [0.29, 0.717) is 11.4 Å². The highest BCUT2D eigenvalue weighted by molar-refractivity contribution is 6.17. The van der Waals surface area contributed by atoms with Crippen LogP contribution >= 0.6 is 11.6 Å². The minimum Gasteiger partial charge on any atom is -0.349 e. The molecule has 0 aromatic carbocycles. The second-order valence-electron chi connectivity index (χ2n) is 3.25. The van der Waals surface area contributed by atoms with Crippen molar-refractivity contribution in [2.75, 3.05) is 5.88 Å². The van der Waals surface area contributed by atoms with E-state index in [9.17, 15) is 4.79 Å². The molecule has 1 atom stereocenters. The normalized spacial score (nSPS) is 12.5. The Balaban J connectivity index is 2.50. The van der Waals surface area contributed by atoms with Crippen LogP contribution in [0.1, 0.15) is 23.7 Å². The molecule has 0 spiro atoms. The van der Waals surface area contributed by atoms with Gasteiger partial charge in [0.05, 0.1) is 11.8 Å². The highest BCUT2D eigenvalue weighted by Gasteiger charge is 2.10. The Kier molecular flexibility index (Phi) is 3.95. The first-order chi connectivity index (χ1) is 6.63. The lowest BCUT2D eigenvalue weighted by molar-refractivity contribution is 0.0939. The summed E-state index contributed by atoms with van der Waals surface area (Å²) in [4.78, 5) is 11.5. The smallest absolute Gasteiger partial charge is 0.254 e. The molecule has 0 bridgehead atoms. The van der Waals surface area contributed by atoms with Crippen LogP contribution in [0.25, 0.3) is 0 Å². The van der Waals surface area contributed by atoms with Crippen molar-refractivity contribution in [1.82, 2.24) is 15.1 Å². The number of halogens is 1. The van der Waals surface area contributed by atoms with Crippen molar-refractivity contribution in [3.05, 3.63) is 18.0 Å². The molecule has 1 aromatic heterocycles. The summed E-state index contributed by atoms with van der Waals surface area (Å²) in [5.41, 5.74) is 0.578. The largest absolute Gasteiger partial charge is 0.349 e. The van der Waals surface area contributed by atoms with E-state index in [2.05, 4.69) is 10.4 Å². The molecule has 1 heterocycles. The SMILES string of the molecule is CC(CCCl)NC(=O)c1cnn(C)c1. The number of amides is 1. The van der Waals surface area contributed by atoms with Crippen LogP contribution in [0.4, 0.5) is 0 Å². The number of hydrogen-bond donors (Lipinski definition) is 1. The number of carbonyl (C=O) groups excluding carboxylic acids is 1. The number of alkyl halides is 1. The van der Waals surface area contributed by atoms with E-state index in [1.807, 2.05) is 6.92 Å². The summed E-state index contributed by atoms with van der Waals surface area (Å²) in [6, 6.07) is 0.0974. The van der Waals surface area contributed by atoms with E-state index in [1.165, 1.54) is 0 Å². The van der Waals surface area contributed by atoms with E-state index < -0.39 is 0 Å². The minimum absolute atomic E-state index is 0.0974. The van der Waals surface area contributed by atoms with Gasteiger partial charge in [0.1, 0.15) is 0 Å². The monoisotopic (exact) mass is 215 g/mol. The number of nitrogens with one attached hydrogen (secondary N) is 1. The maximum absolute atomic E-state index is 11.5. The average Bonchev–Trinajstić information content (AvgIpc) is 2.52. The second kappa shape index (κ2) is 5.00. The van der Waals surface area contributed by atoms with Crippen LogP contribution in [0.15, 0.2) is 12.4 Å². The van der Waals surface area contributed by atoms with E-state index in [0.717, 1.165) is 6.42 Å². The Morgan fingerprint density at radius 2 is 2.50 bits per heavy atom. The van der Waals surface area contributed by atoms with Crippen LogP contribution in [0.2, 0.25) is 0 Å². The highest BCUT2D eigenvalue weighted by Crippen LogP contribution is 1.99. The number of carbonyl (C=O) groups is 1. The molecule has 1 N–H and O–H groups in total. The molecule has 14 heavy (non-hydrogen) atoms. The molecule has 78 valence electrons. The van der Waals surface area contributed by atoms with Crippen molar-refractivity contribution in [3.8, 4) is 0 Å². The van der Waals surface area contributed by atoms with Gasteiger partial charge in [0, 0.05) is 25.2 Å². The fraction of sp³-hybridized carbons (Fsp3) is 0.556. The Bertz CT molecular complexity index is 311. The Labute approximate surface area is 88.2 Å². The summed E-state index contributed by atoms with van der Waals surface area (Å²) < 4.78 is 1.60. The maximum atomic E-state index is 11.5. The molecule has 1 aromatic rings. The molecule has 0 aliphatic heterocycles. The quantitative estimate of drug-likeness (QED) is 0.767. The van der Waals surface area contributed by atoms with E-state index in [4.69, 9.17) is 11.6 Å². The summed E-state index contributed by atoms with van der Waals surface area (Å²) in [6.07, 6.45) is 4.00. The van der Waals surface area contributed by atoms with Gasteiger partial charge in [-0.1, -0.05) is 0 Å². The van der Waals surface area contributed by atoms with E-state index in [-0.39, 0.29) is 11.9 Å². The molecule has 0 radical (unpaired) electrons. The molecular formula is C9H14ClN3O. The summed E-state index contributed by atoms with van der Waals surface area (Å²) in [5.74, 6) is 0.449. The summed E-state index contributed by atoms with van der Waals surface area (Å²) >= 11 is 5.56. The zero-order valence-electron chi connectivity index (χ0n) is 8.33. The van der Waals surface area contributed by atoms with Crippen LogP contribution in [-0.2, 0) is 7.05 Å². The number of rotatable bonds is 4. The van der Waals surface area contributed by atoms with E-state index in [1.54, 1.807) is 24.1 Å². The van der Waals surface area contributed by atoms with Gasteiger partial charge in [-0.05, 0) is 13.3 Å². The standard InChI is InChI=1S/C9H14ClN3O/c1-7(3-4-10)12-9(14)8-5-11-13(2)6-8/h5-7H,3-4H2,1-2H3,(H,12,14). The molecule has 0 aliphatic carbocycles. The molecule has 1 amide bonds. The van der Waals surface area contributed by atoms with Crippen LogP contribution in [0.3, 0.4) is 0 Å². The number of aromatic nitrogens is 2. The third-order valence-corrected chi connectivity index (χ3v) is 2.10. The third-order valence-electron chi connectivity index (χ3n) is 1.89. The molecule has 0 saturated heterocycles. The lowest BCUT2D eigenvalue weighted by atomic mass is 10.2. The highest BCUT2D eigenvalue weighted by atomic mass is 35.5. The molecule has 4 nitrogen and oxygen atoms in total. The van der Waals surface area contributed by atoms with Gasteiger partial charge >= 0.3 is 0 Å². The van der Waals surface area contributed by atoms with Gasteiger partial charge in [0.2, 0.25) is 0 Å². The zero-order chi connectivity index (χ0) is 10.6. The van der Waals surface area contributed by atoms with Gasteiger partial charge in [-0.25, -0.2) is 0 Å². The van der Waals surface area contributed by atoms with Crippen LogP contribution in [-0.4, -0.2) is 27.6 Å². The van der Waals surface area contributed by atoms with Gasteiger partial charge < -0.3 is 5.32 Å². The lowest BCUT2D eigenvalue weighted by Gasteiger charge is -2.10. The molecular weight excluding hydrogens is 202 g/mol. The van der Waals surface area contributed by atoms with Crippen molar-refractivity contribution in [1.29, 1.82) is 0 Å². The molecule has 0 fully saturated rings. The third kappa shape index (κ3) is 3.03. The maximum Gasteiger partial charge on any atom is 0.254 e. The molecule has 5 heteroatoms. The first-order valence-corrected chi connectivity index (χ1v) is 5.02. The van der Waals surface area contributed by atoms with Crippen LogP contribution < -0.4 is 5.32 Å². The fourth-order valence-electron chi connectivity index (χ4n) is 1.08. The van der Waals surface area contributed by atoms with Gasteiger partial charge in [-0.2, -0.15) is 5.10 Å². The van der Waals surface area contributed by atoms with Crippen molar-refractivity contribution in [2.45, 2.75) is 19.4 Å². The Hall–Kier alpha value is -1.03. The molecule has 0 aliphatic rings. The van der Waals surface area contributed by atoms with Crippen molar-refractivity contribution >= 4 is 17.5 Å². The topological polar surface area (TPSA) is 46.9 Å². The molecule has 0 saturated carbocycles. The predicted octanol–water partition coefficient (Wildman–Crippen LogP) is 1.17. The predicted molar refractivity (Wildman–Crippen MR) is 55.5 cm³/mol. The van der Waals surface area contributed by atoms with Gasteiger partial charge in [0.15, 0.2) is 0 Å². The number of nitrogens with zero attached hydrogens (tertiary/aromatic N) is 2. The van der Waals surface area contributed by atoms with E-state index >= 15 is 0 Å². The molecule has 1 unspecified atom stereocenters. The summed E-state index contributed by atoms with van der Waals surface area (Å²) in [5, 5.41) is 6.75. The van der Waals surface area contributed by atoms with Gasteiger partial charge in [-0.3, -0.25) is 9.48 Å². The van der Waals surface area contributed by atoms with Crippen LogP contribution in [0.5, 0.6) is 0 Å². The van der Waals surface area contributed by atoms with Crippen molar-refractivity contribution in [2.24, 2.45) is 7.05 Å². The summed E-state index contributed by atoms with van der Waals surface area (Å²) in [6.45, 7) is 1.93. The Morgan fingerprint density at radius 1 is 1.79 bits per heavy atom. The zero-order valence-corrected chi connectivity index (χ0v) is 9.08. The van der Waals surface area contributed by atoms with Crippen LogP contribution in [0, 0.1) is 0 Å².